The molecule has 1 fully saturated rings. The summed E-state index contributed by atoms with van der Waals surface area (Å²) < 4.78 is 5.17. The molecule has 0 atom stereocenters. The van der Waals surface area contributed by atoms with Crippen LogP contribution in [0.2, 0.25) is 0 Å². The number of benzene rings is 1. The van der Waals surface area contributed by atoms with Crippen LogP contribution in [0.25, 0.3) is 0 Å². The molecule has 1 saturated heterocycles. The van der Waals surface area contributed by atoms with E-state index in [2.05, 4.69) is 21.9 Å². The molecule has 1 aromatic rings. The van der Waals surface area contributed by atoms with Crippen LogP contribution in [0, 0.1) is 0 Å². The van der Waals surface area contributed by atoms with E-state index in [0.717, 1.165) is 38.5 Å². The van der Waals surface area contributed by atoms with Crippen LogP contribution in [0.3, 0.4) is 0 Å². The van der Waals surface area contributed by atoms with Gasteiger partial charge in [-0.2, -0.15) is 0 Å². The van der Waals surface area contributed by atoms with Crippen LogP contribution in [0.1, 0.15) is 0 Å². The Hall–Kier alpha value is -1.19. The van der Waals surface area contributed by atoms with E-state index in [1.165, 1.54) is 5.69 Å². The van der Waals surface area contributed by atoms with Crippen LogP contribution in [0.5, 0.6) is 5.75 Å². The number of rotatable bonds is 4. The van der Waals surface area contributed by atoms with Crippen molar-refractivity contribution < 1.29 is 4.74 Å². The average molecular weight is 267 g/mol. The normalized spacial score (nSPS) is 17.3. The van der Waals surface area contributed by atoms with Gasteiger partial charge in [0, 0.05) is 43.9 Å². The minimum Gasteiger partial charge on any atom is -0.497 e. The van der Waals surface area contributed by atoms with E-state index in [1.807, 2.05) is 18.2 Å². The van der Waals surface area contributed by atoms with E-state index in [1.54, 1.807) is 12.6 Å². The van der Waals surface area contributed by atoms with Gasteiger partial charge in [0.2, 0.25) is 0 Å². The summed E-state index contributed by atoms with van der Waals surface area (Å²) in [6, 6.07) is 8.26. The summed E-state index contributed by atoms with van der Waals surface area (Å²) in [5.74, 6) is 0.907. The summed E-state index contributed by atoms with van der Waals surface area (Å²) in [4.78, 5) is 4.80. The minimum absolute atomic E-state index is 0.907. The van der Waals surface area contributed by atoms with E-state index < -0.39 is 0 Å². The first-order valence-electron chi connectivity index (χ1n) is 6.20. The van der Waals surface area contributed by atoms with Gasteiger partial charge in [0.05, 0.1) is 7.11 Å². The predicted molar refractivity (Wildman–Crippen MR) is 76.6 cm³/mol. The lowest BCUT2D eigenvalue weighted by Gasteiger charge is -2.35. The van der Waals surface area contributed by atoms with Crippen molar-refractivity contribution in [1.29, 1.82) is 0 Å². The van der Waals surface area contributed by atoms with Crippen LogP contribution >= 0.6 is 11.6 Å². The van der Waals surface area contributed by atoms with E-state index in [-0.39, 0.29) is 0 Å². The molecule has 2 rings (SSSR count). The molecule has 98 valence electrons. The Labute approximate surface area is 114 Å². The number of hydrogen-bond donors (Lipinski definition) is 0. The lowest BCUT2D eigenvalue weighted by molar-refractivity contribution is 0.284. The molecule has 0 amide bonds. The number of halogens is 1. The van der Waals surface area contributed by atoms with Gasteiger partial charge in [-0.1, -0.05) is 17.7 Å². The Morgan fingerprint density at radius 3 is 2.39 bits per heavy atom. The Kier molecular flexibility index (Phi) is 4.90. The van der Waals surface area contributed by atoms with Crippen molar-refractivity contribution in [2.24, 2.45) is 0 Å². The Morgan fingerprint density at radius 2 is 1.83 bits per heavy atom. The van der Waals surface area contributed by atoms with Crippen LogP contribution in [0.4, 0.5) is 5.69 Å². The number of hydrogen-bond acceptors (Lipinski definition) is 3. The summed E-state index contributed by atoms with van der Waals surface area (Å²) in [6.45, 7) is 5.21. The van der Waals surface area contributed by atoms with E-state index in [9.17, 15) is 0 Å². The fourth-order valence-electron chi connectivity index (χ4n) is 2.17. The quantitative estimate of drug-likeness (QED) is 0.833. The second kappa shape index (κ2) is 6.66. The number of methoxy groups -OCH3 is 1. The molecule has 0 N–H and O–H groups in total. The fraction of sp³-hybridized carbons (Fsp3) is 0.429. The molecule has 1 aliphatic heterocycles. The van der Waals surface area contributed by atoms with Crippen LogP contribution in [-0.4, -0.2) is 44.7 Å². The molecule has 1 aliphatic rings. The first kappa shape index (κ1) is 13.2. The molecule has 3 nitrogen and oxygen atoms in total. The highest BCUT2D eigenvalue weighted by molar-refractivity contribution is 6.25. The molecule has 0 aromatic heterocycles. The number of piperazine rings is 1. The van der Waals surface area contributed by atoms with Crippen LogP contribution in [-0.2, 0) is 0 Å². The molecule has 4 heteroatoms. The molecule has 0 aliphatic carbocycles. The lowest BCUT2D eigenvalue weighted by atomic mass is 10.2. The molecular formula is C14H19ClN2O. The maximum Gasteiger partial charge on any atom is 0.119 e. The summed E-state index contributed by atoms with van der Waals surface area (Å²) in [7, 11) is 1.69. The maximum atomic E-state index is 5.54. The summed E-state index contributed by atoms with van der Waals surface area (Å²) in [5, 5.41) is 0. The van der Waals surface area contributed by atoms with Crippen molar-refractivity contribution in [3.8, 4) is 5.75 Å². The number of nitrogens with zero attached hydrogens (tertiary/aromatic N) is 2. The zero-order chi connectivity index (χ0) is 12.8. The Morgan fingerprint density at radius 1 is 1.17 bits per heavy atom. The third-order valence-electron chi connectivity index (χ3n) is 3.26. The van der Waals surface area contributed by atoms with Crippen molar-refractivity contribution in [2.75, 3.05) is 44.7 Å². The Bertz CT molecular complexity index is 383. The van der Waals surface area contributed by atoms with Gasteiger partial charge >= 0.3 is 0 Å². The summed E-state index contributed by atoms with van der Waals surface area (Å²) >= 11 is 5.54. The average Bonchev–Trinajstić information content (AvgIpc) is 2.46. The largest absolute Gasteiger partial charge is 0.497 e. The minimum atomic E-state index is 0.907. The molecule has 1 heterocycles. The van der Waals surface area contributed by atoms with Crippen molar-refractivity contribution in [2.45, 2.75) is 0 Å². The SMILES string of the molecule is COc1ccc(N2CCN(C/C=C/Cl)CC2)cc1. The maximum absolute atomic E-state index is 5.54. The van der Waals surface area contributed by atoms with Gasteiger partial charge in [0.1, 0.15) is 5.75 Å². The predicted octanol–water partition coefficient (Wildman–Crippen LogP) is 2.57. The van der Waals surface area contributed by atoms with E-state index in [4.69, 9.17) is 16.3 Å². The molecule has 0 bridgehead atoms. The second-order valence-corrected chi connectivity index (χ2v) is 4.60. The molecule has 0 radical (unpaired) electrons. The first-order chi connectivity index (χ1) is 8.83. The van der Waals surface area contributed by atoms with Gasteiger partial charge in [0.25, 0.3) is 0 Å². The molecule has 18 heavy (non-hydrogen) atoms. The van der Waals surface area contributed by atoms with Crippen molar-refractivity contribution in [1.82, 2.24) is 4.90 Å². The third-order valence-corrected chi connectivity index (χ3v) is 3.44. The van der Waals surface area contributed by atoms with Gasteiger partial charge in [-0.15, -0.1) is 0 Å². The summed E-state index contributed by atoms with van der Waals surface area (Å²) in [5.41, 5.74) is 2.86. The first-order valence-corrected chi connectivity index (χ1v) is 6.63. The smallest absolute Gasteiger partial charge is 0.119 e. The topological polar surface area (TPSA) is 15.7 Å². The van der Waals surface area contributed by atoms with Crippen molar-refractivity contribution >= 4 is 17.3 Å². The molecule has 0 saturated carbocycles. The molecule has 0 unspecified atom stereocenters. The van der Waals surface area contributed by atoms with Gasteiger partial charge < -0.3 is 9.64 Å². The van der Waals surface area contributed by atoms with Crippen LogP contribution < -0.4 is 9.64 Å². The third kappa shape index (κ3) is 3.40. The highest BCUT2D eigenvalue weighted by Gasteiger charge is 2.15. The summed E-state index contributed by atoms with van der Waals surface area (Å²) in [6.07, 6.45) is 1.99. The Balaban J connectivity index is 1.88. The van der Waals surface area contributed by atoms with E-state index >= 15 is 0 Å². The fourth-order valence-corrected chi connectivity index (χ4v) is 2.25. The monoisotopic (exact) mass is 266 g/mol. The van der Waals surface area contributed by atoms with Gasteiger partial charge in [-0.25, -0.2) is 0 Å². The van der Waals surface area contributed by atoms with Gasteiger partial charge in [-0.3, -0.25) is 4.90 Å². The zero-order valence-corrected chi connectivity index (χ0v) is 11.4. The highest BCUT2D eigenvalue weighted by atomic mass is 35.5. The van der Waals surface area contributed by atoms with Gasteiger partial charge in [-0.05, 0) is 24.3 Å². The molecular weight excluding hydrogens is 248 g/mol. The standard InChI is InChI=1S/C14H19ClN2O/c1-18-14-5-3-13(4-6-14)17-11-9-16(10-12-17)8-2-7-15/h2-7H,8-12H2,1H3/b7-2+. The highest BCUT2D eigenvalue weighted by Crippen LogP contribution is 2.20. The number of anilines is 1. The molecule has 0 spiro atoms. The zero-order valence-electron chi connectivity index (χ0n) is 10.7. The second-order valence-electron chi connectivity index (χ2n) is 4.35. The van der Waals surface area contributed by atoms with Gasteiger partial charge in [0.15, 0.2) is 0 Å². The van der Waals surface area contributed by atoms with Crippen LogP contribution in [0.15, 0.2) is 35.9 Å². The number of ether oxygens (including phenoxy) is 1. The van der Waals surface area contributed by atoms with Crippen molar-refractivity contribution in [3.63, 3.8) is 0 Å². The van der Waals surface area contributed by atoms with E-state index in [0.29, 0.717) is 0 Å². The molecule has 1 aromatic carbocycles. The lowest BCUT2D eigenvalue weighted by Crippen LogP contribution is -2.46. The van der Waals surface area contributed by atoms with Crippen molar-refractivity contribution in [3.05, 3.63) is 35.9 Å².